The number of halogens is 5. The van der Waals surface area contributed by atoms with Gasteiger partial charge in [0.1, 0.15) is 17.6 Å². The molecule has 29 heavy (non-hydrogen) atoms. The molecule has 0 aliphatic heterocycles. The van der Waals surface area contributed by atoms with Gasteiger partial charge in [0.05, 0.1) is 0 Å². The van der Waals surface area contributed by atoms with Crippen LogP contribution in [0.3, 0.4) is 0 Å². The normalized spacial score (nSPS) is 14.0. The number of nitrogens with one attached hydrogen (secondary N) is 1. The van der Waals surface area contributed by atoms with Gasteiger partial charge in [0, 0.05) is 35.0 Å². The Labute approximate surface area is 159 Å². The minimum Gasteiger partial charge on any atom is -0.455 e. The van der Waals surface area contributed by atoms with Gasteiger partial charge in [-0.1, -0.05) is 0 Å². The highest BCUT2D eigenvalue weighted by Gasteiger charge is 2.46. The van der Waals surface area contributed by atoms with E-state index in [4.69, 9.17) is 15.9 Å². The molecule has 3 rings (SSSR count). The van der Waals surface area contributed by atoms with Crippen molar-refractivity contribution in [2.24, 2.45) is 5.73 Å². The lowest BCUT2D eigenvalue weighted by molar-refractivity contribution is -0.167. The summed E-state index contributed by atoms with van der Waals surface area (Å²) in [5.74, 6) is -4.26. The average Bonchev–Trinajstić information content (AvgIpc) is 2.95. The quantitative estimate of drug-likeness (QED) is 0.564. The van der Waals surface area contributed by atoms with Crippen molar-refractivity contribution in [2.45, 2.75) is 25.2 Å². The highest BCUT2D eigenvalue weighted by Crippen LogP contribution is 2.39. The van der Waals surface area contributed by atoms with Crippen molar-refractivity contribution in [3.8, 4) is 0 Å². The van der Waals surface area contributed by atoms with E-state index in [2.05, 4.69) is 9.97 Å². The third kappa shape index (κ3) is 3.97. The number of alkyl halides is 3. The third-order valence-corrected chi connectivity index (χ3v) is 4.20. The summed E-state index contributed by atoms with van der Waals surface area (Å²) in [4.78, 5) is 19.5. The number of furan rings is 1. The summed E-state index contributed by atoms with van der Waals surface area (Å²) >= 11 is 0. The van der Waals surface area contributed by atoms with Gasteiger partial charge >= 0.3 is 6.18 Å². The highest BCUT2D eigenvalue weighted by atomic mass is 19.4. The molecule has 2 heterocycles. The van der Waals surface area contributed by atoms with E-state index in [1.54, 1.807) is 5.32 Å². The first-order valence-electron chi connectivity index (χ1n) is 8.07. The van der Waals surface area contributed by atoms with Crippen molar-refractivity contribution in [3.05, 3.63) is 53.0 Å². The van der Waals surface area contributed by atoms with Crippen molar-refractivity contribution in [2.75, 3.05) is 5.73 Å². The topological polar surface area (TPSA) is 120 Å². The molecule has 0 radical (unpaired) electrons. The second-order valence-corrected chi connectivity index (χ2v) is 6.19. The number of hydrogen-bond acceptors (Lipinski definition) is 6. The second-order valence-electron chi connectivity index (χ2n) is 6.19. The number of nitrogen functional groups attached to an aromatic ring is 1. The van der Waals surface area contributed by atoms with Gasteiger partial charge in [0.2, 0.25) is 11.9 Å². The molecule has 2 aromatic heterocycles. The van der Waals surface area contributed by atoms with E-state index in [1.165, 1.54) is 6.92 Å². The zero-order valence-corrected chi connectivity index (χ0v) is 14.7. The van der Waals surface area contributed by atoms with Crippen molar-refractivity contribution in [1.29, 1.82) is 0 Å². The predicted octanol–water partition coefficient (Wildman–Crippen LogP) is 2.81. The minimum absolute atomic E-state index is 0.0204. The van der Waals surface area contributed by atoms with E-state index in [9.17, 15) is 26.7 Å². The number of nitrogens with zero attached hydrogens (tertiary/aromatic N) is 2. The number of fused-ring (bicyclic) bond motifs is 1. The zero-order valence-electron chi connectivity index (χ0n) is 14.7. The lowest BCUT2D eigenvalue weighted by atomic mass is 10.1. The van der Waals surface area contributed by atoms with Gasteiger partial charge in [-0.15, -0.1) is 0 Å². The number of hydrogen-bond donors (Lipinski definition) is 3. The molecule has 2 unspecified atom stereocenters. The molecule has 0 saturated heterocycles. The number of anilines is 1. The number of benzene rings is 1. The van der Waals surface area contributed by atoms with Crippen molar-refractivity contribution >= 4 is 22.8 Å². The van der Waals surface area contributed by atoms with Crippen LogP contribution in [0.2, 0.25) is 0 Å². The van der Waals surface area contributed by atoms with Gasteiger partial charge in [-0.25, -0.2) is 18.7 Å². The Morgan fingerprint density at radius 1 is 1.21 bits per heavy atom. The number of aryl methyl sites for hydroxylation is 1. The van der Waals surface area contributed by atoms with E-state index in [-0.39, 0.29) is 22.5 Å². The van der Waals surface area contributed by atoms with Crippen LogP contribution in [0.4, 0.5) is 27.9 Å². The standard InChI is InChI=1S/C17H14F5N5O2/c1-6-9-2-8(18)3-10(19)13(9)29-12(6)14(17(20,21)22)27-15(28)11(23)7-4-25-16(24)26-5-7/h2-5,11,14H,23H2,1H3,(H,27,28)(H2,24,25,26). The Kier molecular flexibility index (Phi) is 5.13. The molecule has 0 bridgehead atoms. The first-order valence-corrected chi connectivity index (χ1v) is 8.07. The van der Waals surface area contributed by atoms with Gasteiger partial charge < -0.3 is 21.2 Å². The first kappa shape index (κ1) is 20.5. The molecule has 154 valence electrons. The summed E-state index contributed by atoms with van der Waals surface area (Å²) in [6.07, 6.45) is -2.82. The Hall–Kier alpha value is -3.28. The van der Waals surface area contributed by atoms with Crippen LogP contribution in [0.1, 0.15) is 29.0 Å². The summed E-state index contributed by atoms with van der Waals surface area (Å²) in [7, 11) is 0. The molecule has 3 aromatic rings. The molecular weight excluding hydrogens is 401 g/mol. The third-order valence-electron chi connectivity index (χ3n) is 4.20. The second kappa shape index (κ2) is 7.28. The van der Waals surface area contributed by atoms with Crippen LogP contribution in [0.25, 0.3) is 11.0 Å². The average molecular weight is 415 g/mol. The smallest absolute Gasteiger partial charge is 0.415 e. The maximum Gasteiger partial charge on any atom is 0.415 e. The molecule has 0 spiro atoms. The number of carbonyl (C=O) groups is 1. The fourth-order valence-electron chi connectivity index (χ4n) is 2.73. The van der Waals surface area contributed by atoms with Crippen LogP contribution in [0.15, 0.2) is 28.9 Å². The molecule has 0 saturated carbocycles. The van der Waals surface area contributed by atoms with Crippen LogP contribution in [0.5, 0.6) is 0 Å². The molecule has 0 fully saturated rings. The SMILES string of the molecule is Cc1c(C(NC(=O)C(N)c2cnc(N)nc2)C(F)(F)F)oc2c(F)cc(F)cc12. The van der Waals surface area contributed by atoms with Gasteiger partial charge in [-0.3, -0.25) is 4.79 Å². The van der Waals surface area contributed by atoms with E-state index in [0.29, 0.717) is 6.07 Å². The Morgan fingerprint density at radius 3 is 2.41 bits per heavy atom. The largest absolute Gasteiger partial charge is 0.455 e. The van der Waals surface area contributed by atoms with Crippen LogP contribution in [-0.4, -0.2) is 22.1 Å². The summed E-state index contributed by atoms with van der Waals surface area (Å²) in [6, 6.07) is -2.87. The number of aromatic nitrogens is 2. The Balaban J connectivity index is 1.98. The number of nitrogens with two attached hydrogens (primary N) is 2. The van der Waals surface area contributed by atoms with E-state index >= 15 is 0 Å². The van der Waals surface area contributed by atoms with E-state index in [1.807, 2.05) is 0 Å². The minimum atomic E-state index is -5.01. The number of rotatable bonds is 4. The fraction of sp³-hybridized carbons (Fsp3) is 0.235. The summed E-state index contributed by atoms with van der Waals surface area (Å²) in [5, 5.41) is 1.55. The maximum absolute atomic E-state index is 13.9. The number of carbonyl (C=O) groups excluding carboxylic acids is 1. The molecule has 12 heteroatoms. The van der Waals surface area contributed by atoms with Gasteiger partial charge in [-0.05, 0) is 13.0 Å². The van der Waals surface area contributed by atoms with Crippen LogP contribution in [-0.2, 0) is 4.79 Å². The Morgan fingerprint density at radius 2 is 1.83 bits per heavy atom. The van der Waals surface area contributed by atoms with Gasteiger partial charge in [0.25, 0.3) is 0 Å². The zero-order chi connectivity index (χ0) is 21.5. The van der Waals surface area contributed by atoms with Gasteiger partial charge in [0.15, 0.2) is 17.4 Å². The molecule has 0 aliphatic rings. The van der Waals surface area contributed by atoms with Crippen molar-refractivity contribution in [3.63, 3.8) is 0 Å². The first-order chi connectivity index (χ1) is 13.5. The Bertz CT molecular complexity index is 1060. The number of amides is 1. The van der Waals surface area contributed by atoms with Crippen LogP contribution >= 0.6 is 0 Å². The molecule has 1 aromatic carbocycles. The van der Waals surface area contributed by atoms with Crippen LogP contribution in [0, 0.1) is 18.6 Å². The predicted molar refractivity (Wildman–Crippen MR) is 91.2 cm³/mol. The van der Waals surface area contributed by atoms with Crippen molar-refractivity contribution < 1.29 is 31.2 Å². The lowest BCUT2D eigenvalue weighted by Gasteiger charge is -2.22. The summed E-state index contributed by atoms with van der Waals surface area (Å²) in [6.45, 7) is 1.19. The lowest BCUT2D eigenvalue weighted by Crippen LogP contribution is -2.42. The monoisotopic (exact) mass is 415 g/mol. The van der Waals surface area contributed by atoms with E-state index < -0.39 is 47.1 Å². The molecule has 7 nitrogen and oxygen atoms in total. The van der Waals surface area contributed by atoms with Crippen LogP contribution < -0.4 is 16.8 Å². The molecule has 5 N–H and O–H groups in total. The summed E-state index contributed by atoms with van der Waals surface area (Å²) in [5.41, 5.74) is 10.3. The molecule has 0 aliphatic carbocycles. The maximum atomic E-state index is 13.9. The molecular formula is C17H14F5N5O2. The molecule has 2 atom stereocenters. The fourth-order valence-corrected chi connectivity index (χ4v) is 2.73. The van der Waals surface area contributed by atoms with E-state index in [0.717, 1.165) is 18.5 Å². The highest BCUT2D eigenvalue weighted by molar-refractivity contribution is 5.85. The van der Waals surface area contributed by atoms with Gasteiger partial charge in [-0.2, -0.15) is 13.2 Å². The molecule has 1 amide bonds. The van der Waals surface area contributed by atoms with Crippen molar-refractivity contribution in [1.82, 2.24) is 15.3 Å². The summed E-state index contributed by atoms with van der Waals surface area (Å²) < 4.78 is 73.3.